The van der Waals surface area contributed by atoms with Gasteiger partial charge in [-0.1, -0.05) is 0 Å². The van der Waals surface area contributed by atoms with Gasteiger partial charge in [-0.3, -0.25) is 9.69 Å². The van der Waals surface area contributed by atoms with Crippen LogP contribution < -0.4 is 10.2 Å². The molecule has 29 heavy (non-hydrogen) atoms. The van der Waals surface area contributed by atoms with E-state index in [-0.39, 0.29) is 5.91 Å². The number of piperazine rings is 1. The molecular formula is C21H25N7O. The molecule has 0 bridgehead atoms. The number of carbonyl (C=O) groups excluding carboxylic acids is 1. The van der Waals surface area contributed by atoms with Crippen LogP contribution in [0.25, 0.3) is 5.69 Å². The molecule has 0 atom stereocenters. The van der Waals surface area contributed by atoms with Gasteiger partial charge in [0.2, 0.25) is 5.95 Å². The van der Waals surface area contributed by atoms with Crippen LogP contribution >= 0.6 is 0 Å². The van der Waals surface area contributed by atoms with Crippen molar-refractivity contribution in [1.29, 1.82) is 0 Å². The fourth-order valence-corrected chi connectivity index (χ4v) is 3.38. The van der Waals surface area contributed by atoms with E-state index in [1.54, 1.807) is 17.1 Å². The van der Waals surface area contributed by atoms with Crippen molar-refractivity contribution in [2.75, 3.05) is 44.2 Å². The first-order chi connectivity index (χ1) is 14.2. The highest BCUT2D eigenvalue weighted by Crippen LogP contribution is 2.11. The number of hydrogen-bond donors (Lipinski definition) is 1. The lowest BCUT2D eigenvalue weighted by molar-refractivity contribution is 0.0948. The normalized spacial score (nSPS) is 14.7. The number of anilines is 1. The molecule has 0 saturated carbocycles. The number of amides is 1. The summed E-state index contributed by atoms with van der Waals surface area (Å²) in [6.07, 6.45) is 7.31. The van der Waals surface area contributed by atoms with E-state index in [2.05, 4.69) is 30.2 Å². The van der Waals surface area contributed by atoms with Crippen molar-refractivity contribution in [3.63, 3.8) is 0 Å². The zero-order chi connectivity index (χ0) is 20.1. The van der Waals surface area contributed by atoms with Gasteiger partial charge in [0.05, 0.1) is 11.9 Å². The lowest BCUT2D eigenvalue weighted by atomic mass is 10.2. The Morgan fingerprint density at radius 3 is 2.45 bits per heavy atom. The first-order valence-corrected chi connectivity index (χ1v) is 9.83. The molecule has 1 aliphatic rings. The Morgan fingerprint density at radius 2 is 1.79 bits per heavy atom. The molecule has 3 aromatic rings. The van der Waals surface area contributed by atoms with Crippen LogP contribution in [-0.4, -0.2) is 69.8 Å². The van der Waals surface area contributed by atoms with Crippen molar-refractivity contribution in [2.24, 2.45) is 0 Å². The molecule has 8 nitrogen and oxygen atoms in total. The number of nitrogens with one attached hydrogen (secondary N) is 1. The van der Waals surface area contributed by atoms with Gasteiger partial charge in [0.15, 0.2) is 0 Å². The van der Waals surface area contributed by atoms with Crippen molar-refractivity contribution in [1.82, 2.24) is 30.0 Å². The molecule has 1 aromatic carbocycles. The molecular weight excluding hydrogens is 366 g/mol. The summed E-state index contributed by atoms with van der Waals surface area (Å²) in [5.74, 6) is 0.735. The van der Waals surface area contributed by atoms with E-state index in [4.69, 9.17) is 0 Å². The highest BCUT2D eigenvalue weighted by Gasteiger charge is 2.18. The van der Waals surface area contributed by atoms with E-state index >= 15 is 0 Å². The van der Waals surface area contributed by atoms with Gasteiger partial charge < -0.3 is 10.2 Å². The molecule has 0 radical (unpaired) electrons. The van der Waals surface area contributed by atoms with Crippen LogP contribution in [0.2, 0.25) is 0 Å². The topological polar surface area (TPSA) is 79.2 Å². The minimum absolute atomic E-state index is 0.0514. The smallest absolute Gasteiger partial charge is 0.251 e. The second-order valence-corrected chi connectivity index (χ2v) is 7.14. The van der Waals surface area contributed by atoms with E-state index in [0.29, 0.717) is 12.1 Å². The predicted octanol–water partition coefficient (Wildman–Crippen LogP) is 1.52. The summed E-state index contributed by atoms with van der Waals surface area (Å²) >= 11 is 0. The quantitative estimate of drug-likeness (QED) is 0.686. The van der Waals surface area contributed by atoms with Crippen molar-refractivity contribution >= 4 is 11.9 Å². The third-order valence-corrected chi connectivity index (χ3v) is 5.03. The first kappa shape index (κ1) is 19.1. The van der Waals surface area contributed by atoms with E-state index in [1.165, 1.54) is 0 Å². The predicted molar refractivity (Wildman–Crippen MR) is 111 cm³/mol. The van der Waals surface area contributed by atoms with Crippen molar-refractivity contribution in [3.8, 4) is 5.69 Å². The fourth-order valence-electron chi connectivity index (χ4n) is 3.38. The maximum atomic E-state index is 12.4. The molecule has 1 saturated heterocycles. The molecule has 0 aliphatic carbocycles. The Bertz CT molecular complexity index is 931. The Labute approximate surface area is 170 Å². The van der Waals surface area contributed by atoms with Gasteiger partial charge in [0, 0.05) is 63.4 Å². The third kappa shape index (κ3) is 4.78. The summed E-state index contributed by atoms with van der Waals surface area (Å²) in [7, 11) is 0. The fraction of sp³-hybridized carbons (Fsp3) is 0.333. The second kappa shape index (κ2) is 8.83. The molecule has 1 fully saturated rings. The molecule has 4 rings (SSSR count). The minimum atomic E-state index is -0.0514. The van der Waals surface area contributed by atoms with Crippen molar-refractivity contribution in [3.05, 3.63) is 66.2 Å². The molecule has 1 aliphatic heterocycles. The Morgan fingerprint density at radius 1 is 1.07 bits per heavy atom. The van der Waals surface area contributed by atoms with Crippen LogP contribution in [0.1, 0.15) is 15.9 Å². The number of aryl methyl sites for hydroxylation is 1. The summed E-state index contributed by atoms with van der Waals surface area (Å²) in [5.41, 5.74) is 2.70. The number of aromatic nitrogens is 4. The van der Waals surface area contributed by atoms with Crippen molar-refractivity contribution in [2.45, 2.75) is 6.92 Å². The average molecular weight is 391 g/mol. The molecule has 2 aromatic heterocycles. The van der Waals surface area contributed by atoms with Gasteiger partial charge >= 0.3 is 0 Å². The molecule has 0 unspecified atom stereocenters. The largest absolute Gasteiger partial charge is 0.351 e. The van der Waals surface area contributed by atoms with Crippen LogP contribution in [0.4, 0.5) is 5.95 Å². The van der Waals surface area contributed by atoms with Gasteiger partial charge in [-0.2, -0.15) is 5.10 Å². The van der Waals surface area contributed by atoms with E-state index in [1.807, 2.05) is 49.6 Å². The third-order valence-electron chi connectivity index (χ3n) is 5.03. The Balaban J connectivity index is 1.21. The summed E-state index contributed by atoms with van der Waals surface area (Å²) in [5, 5.41) is 7.30. The van der Waals surface area contributed by atoms with Gasteiger partial charge in [0.1, 0.15) is 0 Å². The van der Waals surface area contributed by atoms with Crippen LogP contribution in [-0.2, 0) is 0 Å². The van der Waals surface area contributed by atoms with Gasteiger partial charge in [-0.15, -0.1) is 0 Å². The number of hydrogen-bond acceptors (Lipinski definition) is 6. The number of rotatable bonds is 6. The van der Waals surface area contributed by atoms with Gasteiger partial charge in [-0.25, -0.2) is 14.6 Å². The van der Waals surface area contributed by atoms with Crippen molar-refractivity contribution < 1.29 is 4.79 Å². The molecule has 1 N–H and O–H groups in total. The number of carbonyl (C=O) groups is 1. The maximum absolute atomic E-state index is 12.4. The summed E-state index contributed by atoms with van der Waals surface area (Å²) in [6, 6.07) is 9.31. The highest BCUT2D eigenvalue weighted by molar-refractivity contribution is 5.94. The maximum Gasteiger partial charge on any atom is 0.251 e. The molecule has 8 heteroatoms. The second-order valence-electron chi connectivity index (χ2n) is 7.14. The first-order valence-electron chi connectivity index (χ1n) is 9.83. The standard InChI is InChI=1S/C21H25N7O/c1-17-15-25-28(16-17)19-5-3-18(4-6-19)20(29)22-9-10-26-11-13-27(14-12-26)21-23-7-2-8-24-21/h2-8,15-16H,9-14H2,1H3,(H,22,29). The lowest BCUT2D eigenvalue weighted by Gasteiger charge is -2.34. The molecule has 150 valence electrons. The minimum Gasteiger partial charge on any atom is -0.351 e. The summed E-state index contributed by atoms with van der Waals surface area (Å²) in [4.78, 5) is 25.6. The molecule has 3 heterocycles. The monoisotopic (exact) mass is 391 g/mol. The molecule has 1 amide bonds. The summed E-state index contributed by atoms with van der Waals surface area (Å²) in [6.45, 7) is 7.12. The Hall–Kier alpha value is -3.26. The zero-order valence-electron chi connectivity index (χ0n) is 16.5. The highest BCUT2D eigenvalue weighted by atomic mass is 16.1. The van der Waals surface area contributed by atoms with Gasteiger partial charge in [0.25, 0.3) is 5.91 Å². The zero-order valence-corrected chi connectivity index (χ0v) is 16.5. The Kier molecular flexibility index (Phi) is 5.81. The van der Waals surface area contributed by atoms with Gasteiger partial charge in [-0.05, 0) is 42.8 Å². The lowest BCUT2D eigenvalue weighted by Crippen LogP contribution is -2.49. The number of benzene rings is 1. The van der Waals surface area contributed by atoms with Crippen LogP contribution in [0.5, 0.6) is 0 Å². The van der Waals surface area contributed by atoms with E-state index < -0.39 is 0 Å². The van der Waals surface area contributed by atoms with Crippen LogP contribution in [0.15, 0.2) is 55.1 Å². The molecule has 0 spiro atoms. The van der Waals surface area contributed by atoms with Crippen LogP contribution in [0, 0.1) is 6.92 Å². The van der Waals surface area contributed by atoms with E-state index in [0.717, 1.165) is 49.9 Å². The van der Waals surface area contributed by atoms with E-state index in [9.17, 15) is 4.79 Å². The van der Waals surface area contributed by atoms with Crippen LogP contribution in [0.3, 0.4) is 0 Å². The summed E-state index contributed by atoms with van der Waals surface area (Å²) < 4.78 is 1.80. The SMILES string of the molecule is Cc1cnn(-c2ccc(C(=O)NCCN3CCN(c4ncccn4)CC3)cc2)c1. The number of nitrogens with zero attached hydrogens (tertiary/aromatic N) is 6. The average Bonchev–Trinajstić information content (AvgIpc) is 3.21.